The molecule has 19 heavy (non-hydrogen) atoms. The molecule has 0 radical (unpaired) electrons. The molecule has 0 fully saturated rings. The molecule has 0 bridgehead atoms. The number of hydrogen-bond acceptors (Lipinski definition) is 4. The van der Waals surface area contributed by atoms with Gasteiger partial charge in [-0.25, -0.2) is 8.42 Å². The maximum absolute atomic E-state index is 12.0. The number of carbonyl (C=O) groups is 1. The first-order valence-corrected chi connectivity index (χ1v) is 7.99. The fraction of sp³-hybridized carbons (Fsp3) is 0.0714. The van der Waals surface area contributed by atoms with E-state index in [9.17, 15) is 13.2 Å². The lowest BCUT2D eigenvalue weighted by molar-refractivity contribution is 0.105. The standard InChI is InChI=1S/C14H12O3S2/c1-11-4-6-12(7-5-11)19(16,17)10-8-13(15)14-3-2-9-18-14/h2-10H,1H3. The molecule has 0 saturated carbocycles. The zero-order chi connectivity index (χ0) is 13.9. The lowest BCUT2D eigenvalue weighted by Crippen LogP contribution is -1.98. The number of aryl methyl sites for hydroxylation is 1. The molecule has 0 aliphatic rings. The van der Waals surface area contributed by atoms with E-state index >= 15 is 0 Å². The van der Waals surface area contributed by atoms with Crippen molar-refractivity contribution in [3.05, 3.63) is 63.7 Å². The second-order valence-corrected chi connectivity index (χ2v) is 6.78. The first-order valence-electron chi connectivity index (χ1n) is 5.57. The number of thiophene rings is 1. The van der Waals surface area contributed by atoms with Crippen LogP contribution in [-0.4, -0.2) is 14.2 Å². The third kappa shape index (κ3) is 3.39. The second kappa shape index (κ2) is 5.50. The van der Waals surface area contributed by atoms with Gasteiger partial charge >= 0.3 is 0 Å². The zero-order valence-electron chi connectivity index (χ0n) is 10.2. The number of allylic oxidation sites excluding steroid dienone is 1. The first-order chi connectivity index (χ1) is 8.99. The van der Waals surface area contributed by atoms with E-state index in [2.05, 4.69) is 0 Å². The van der Waals surface area contributed by atoms with Gasteiger partial charge in [-0.05, 0) is 36.6 Å². The number of benzene rings is 1. The predicted octanol–water partition coefficient (Wildman–Crippen LogP) is 3.23. The van der Waals surface area contributed by atoms with Gasteiger partial charge in [0.05, 0.1) is 9.77 Å². The lowest BCUT2D eigenvalue weighted by atomic mass is 10.2. The van der Waals surface area contributed by atoms with Gasteiger partial charge in [0.1, 0.15) is 0 Å². The highest BCUT2D eigenvalue weighted by Crippen LogP contribution is 2.15. The fourth-order valence-electron chi connectivity index (χ4n) is 1.46. The molecule has 0 atom stereocenters. The molecule has 98 valence electrons. The van der Waals surface area contributed by atoms with E-state index < -0.39 is 9.84 Å². The summed E-state index contributed by atoms with van der Waals surface area (Å²) >= 11 is 1.28. The Balaban J connectivity index is 2.22. The van der Waals surface area contributed by atoms with Crippen molar-refractivity contribution in [1.82, 2.24) is 0 Å². The van der Waals surface area contributed by atoms with Crippen molar-refractivity contribution in [2.45, 2.75) is 11.8 Å². The second-order valence-electron chi connectivity index (χ2n) is 4.00. The third-order valence-electron chi connectivity index (χ3n) is 2.51. The summed E-state index contributed by atoms with van der Waals surface area (Å²) in [5, 5.41) is 2.73. The average Bonchev–Trinajstić information content (AvgIpc) is 2.90. The maximum atomic E-state index is 12.0. The van der Waals surface area contributed by atoms with Gasteiger partial charge in [-0.15, -0.1) is 11.3 Å². The van der Waals surface area contributed by atoms with Crippen molar-refractivity contribution in [3.63, 3.8) is 0 Å². The molecule has 0 saturated heterocycles. The molecular weight excluding hydrogens is 280 g/mol. The van der Waals surface area contributed by atoms with Crippen molar-refractivity contribution in [2.24, 2.45) is 0 Å². The molecular formula is C14H12O3S2. The van der Waals surface area contributed by atoms with Crippen LogP contribution in [0.3, 0.4) is 0 Å². The van der Waals surface area contributed by atoms with Gasteiger partial charge in [0.2, 0.25) is 0 Å². The highest BCUT2D eigenvalue weighted by molar-refractivity contribution is 7.94. The summed E-state index contributed by atoms with van der Waals surface area (Å²) in [5.41, 5.74) is 0.984. The summed E-state index contributed by atoms with van der Waals surface area (Å²) in [5.74, 6) is -0.300. The Morgan fingerprint density at radius 2 is 1.84 bits per heavy atom. The van der Waals surface area contributed by atoms with Crippen LogP contribution in [0, 0.1) is 6.92 Å². The minimum Gasteiger partial charge on any atom is -0.288 e. The Morgan fingerprint density at radius 3 is 2.42 bits per heavy atom. The van der Waals surface area contributed by atoms with E-state index in [-0.39, 0.29) is 10.7 Å². The van der Waals surface area contributed by atoms with E-state index in [1.54, 1.807) is 29.6 Å². The van der Waals surface area contributed by atoms with Crippen molar-refractivity contribution in [2.75, 3.05) is 0 Å². The molecule has 3 nitrogen and oxygen atoms in total. The SMILES string of the molecule is Cc1ccc(S(=O)(=O)C=CC(=O)c2cccs2)cc1. The normalized spacial score (nSPS) is 11.8. The first kappa shape index (κ1) is 13.7. The minimum absolute atomic E-state index is 0.188. The van der Waals surface area contributed by atoms with Crippen LogP contribution in [0.2, 0.25) is 0 Å². The van der Waals surface area contributed by atoms with Crippen LogP contribution in [-0.2, 0) is 9.84 Å². The van der Waals surface area contributed by atoms with Crippen LogP contribution in [0.25, 0.3) is 0 Å². The van der Waals surface area contributed by atoms with Gasteiger partial charge < -0.3 is 0 Å². The van der Waals surface area contributed by atoms with Gasteiger partial charge in [-0.3, -0.25) is 4.79 Å². The van der Waals surface area contributed by atoms with Crippen molar-refractivity contribution < 1.29 is 13.2 Å². The van der Waals surface area contributed by atoms with Crippen molar-refractivity contribution in [3.8, 4) is 0 Å². The number of hydrogen-bond donors (Lipinski definition) is 0. The number of ketones is 1. The van der Waals surface area contributed by atoms with E-state index in [4.69, 9.17) is 0 Å². The Morgan fingerprint density at radius 1 is 1.16 bits per heavy atom. The Kier molecular flexibility index (Phi) is 3.97. The molecule has 1 heterocycles. The summed E-state index contributed by atoms with van der Waals surface area (Å²) in [4.78, 5) is 12.4. The van der Waals surface area contributed by atoms with E-state index in [1.165, 1.54) is 23.5 Å². The molecule has 1 aromatic carbocycles. The van der Waals surface area contributed by atoms with Gasteiger partial charge in [-0.2, -0.15) is 0 Å². The quantitative estimate of drug-likeness (QED) is 0.642. The predicted molar refractivity (Wildman–Crippen MR) is 76.2 cm³/mol. The fourth-order valence-corrected chi connectivity index (χ4v) is 3.08. The van der Waals surface area contributed by atoms with Crippen molar-refractivity contribution in [1.29, 1.82) is 0 Å². The van der Waals surface area contributed by atoms with Gasteiger partial charge in [0, 0.05) is 5.41 Å². The van der Waals surface area contributed by atoms with E-state index in [1.807, 2.05) is 6.92 Å². The maximum Gasteiger partial charge on any atom is 0.199 e. The molecule has 2 aromatic rings. The monoisotopic (exact) mass is 292 g/mol. The molecule has 0 amide bonds. The molecule has 0 unspecified atom stereocenters. The van der Waals surface area contributed by atoms with Crippen LogP contribution >= 0.6 is 11.3 Å². The molecule has 0 aliphatic carbocycles. The van der Waals surface area contributed by atoms with Crippen LogP contribution in [0.5, 0.6) is 0 Å². The smallest absolute Gasteiger partial charge is 0.199 e. The lowest BCUT2D eigenvalue weighted by Gasteiger charge is -1.99. The number of rotatable bonds is 4. The minimum atomic E-state index is -3.56. The highest BCUT2D eigenvalue weighted by Gasteiger charge is 2.11. The van der Waals surface area contributed by atoms with E-state index in [0.29, 0.717) is 4.88 Å². The molecule has 2 rings (SSSR count). The van der Waals surface area contributed by atoms with E-state index in [0.717, 1.165) is 17.0 Å². The van der Waals surface area contributed by atoms with Gasteiger partial charge in [-0.1, -0.05) is 23.8 Å². The van der Waals surface area contributed by atoms with Crippen LogP contribution in [0.4, 0.5) is 0 Å². The Hall–Kier alpha value is -1.72. The zero-order valence-corrected chi connectivity index (χ0v) is 11.9. The Labute approximate surface area is 116 Å². The molecule has 0 aliphatic heterocycles. The molecule has 0 spiro atoms. The molecule has 0 N–H and O–H groups in total. The van der Waals surface area contributed by atoms with Crippen LogP contribution in [0.1, 0.15) is 15.2 Å². The average molecular weight is 292 g/mol. The molecule has 1 aromatic heterocycles. The van der Waals surface area contributed by atoms with Crippen molar-refractivity contribution >= 4 is 27.0 Å². The van der Waals surface area contributed by atoms with Crippen LogP contribution in [0.15, 0.2) is 58.2 Å². The molecule has 5 heteroatoms. The number of carbonyl (C=O) groups excluding carboxylic acids is 1. The summed E-state index contributed by atoms with van der Waals surface area (Å²) in [7, 11) is -3.56. The highest BCUT2D eigenvalue weighted by atomic mass is 32.2. The van der Waals surface area contributed by atoms with Gasteiger partial charge in [0.15, 0.2) is 15.6 Å². The van der Waals surface area contributed by atoms with Gasteiger partial charge in [0.25, 0.3) is 0 Å². The van der Waals surface area contributed by atoms with Crippen LogP contribution < -0.4 is 0 Å². The summed E-state index contributed by atoms with van der Waals surface area (Å²) in [6.45, 7) is 1.88. The summed E-state index contributed by atoms with van der Waals surface area (Å²) in [6.07, 6.45) is 1.10. The number of sulfone groups is 1. The summed E-state index contributed by atoms with van der Waals surface area (Å²) in [6, 6.07) is 9.93. The summed E-state index contributed by atoms with van der Waals surface area (Å²) < 4.78 is 24.0. The topological polar surface area (TPSA) is 51.2 Å². The Bertz CT molecular complexity index is 694. The largest absolute Gasteiger partial charge is 0.288 e. The third-order valence-corrected chi connectivity index (χ3v) is 4.82.